The van der Waals surface area contributed by atoms with Gasteiger partial charge in [0.05, 0.1) is 18.8 Å². The van der Waals surface area contributed by atoms with Crippen molar-refractivity contribution in [2.75, 3.05) is 31.9 Å². The Balaban J connectivity index is 1.17. The van der Waals surface area contributed by atoms with Crippen molar-refractivity contribution in [1.29, 1.82) is 0 Å². The SMILES string of the molecule is Cc1nc(Br)sc1C(=O)N1CC[C@@H](C(=O)N2CC[C@](O)(Cn3cnc(Oc4ccc(F)cc4)c(N)c3=O)C(F)(F)C2)[C@H](c2ccccc2)C1. The van der Waals surface area contributed by atoms with Crippen LogP contribution in [0, 0.1) is 18.7 Å². The molecule has 2 fully saturated rings. The van der Waals surface area contributed by atoms with Gasteiger partial charge < -0.3 is 25.4 Å². The van der Waals surface area contributed by atoms with E-state index in [2.05, 4.69) is 25.9 Å². The average molecular weight is 762 g/mol. The van der Waals surface area contributed by atoms with Crippen LogP contribution in [0.5, 0.6) is 11.6 Å². The Labute approximate surface area is 291 Å². The van der Waals surface area contributed by atoms with Gasteiger partial charge in [0.25, 0.3) is 17.4 Å². The first-order valence-electron chi connectivity index (χ1n) is 15.4. The predicted octanol–water partition coefficient (Wildman–Crippen LogP) is 4.83. The van der Waals surface area contributed by atoms with Crippen molar-refractivity contribution in [2.45, 2.75) is 43.8 Å². The first kappa shape index (κ1) is 34.6. The van der Waals surface area contributed by atoms with Crippen LogP contribution in [0.1, 0.15) is 39.7 Å². The normalized spacial score (nSPS) is 22.2. The largest absolute Gasteiger partial charge is 0.437 e. The fraction of sp³-hybridized carbons (Fsp3) is 0.364. The van der Waals surface area contributed by atoms with Gasteiger partial charge in [0.2, 0.25) is 11.8 Å². The van der Waals surface area contributed by atoms with Crippen LogP contribution in [-0.2, 0) is 11.3 Å². The van der Waals surface area contributed by atoms with Gasteiger partial charge in [0.15, 0.2) is 9.60 Å². The molecule has 0 bridgehead atoms. The summed E-state index contributed by atoms with van der Waals surface area (Å²) >= 11 is 4.55. The maximum atomic E-state index is 15.8. The number of likely N-dealkylation sites (tertiary alicyclic amines) is 2. The molecule has 4 aromatic rings. The van der Waals surface area contributed by atoms with Crippen molar-refractivity contribution in [3.8, 4) is 11.6 Å². The number of hydrogen-bond acceptors (Lipinski definition) is 9. The molecule has 0 radical (unpaired) electrons. The van der Waals surface area contributed by atoms with Crippen molar-refractivity contribution in [3.05, 3.63) is 97.1 Å². The molecule has 0 spiro atoms. The number of carbonyl (C=O) groups is 2. The van der Waals surface area contributed by atoms with Crippen molar-refractivity contribution in [2.24, 2.45) is 5.92 Å². The number of hydrogen-bond donors (Lipinski definition) is 2. The number of aliphatic hydroxyl groups is 1. The molecule has 2 aliphatic heterocycles. The molecular formula is C33H32BrF3N6O5S. The van der Waals surface area contributed by atoms with Gasteiger partial charge in [-0.25, -0.2) is 23.1 Å². The number of benzene rings is 2. The molecule has 4 heterocycles. The molecule has 11 nitrogen and oxygen atoms in total. The molecule has 2 aromatic heterocycles. The van der Waals surface area contributed by atoms with Crippen molar-refractivity contribution in [1.82, 2.24) is 24.3 Å². The van der Waals surface area contributed by atoms with E-state index in [1.165, 1.54) is 23.5 Å². The molecule has 2 aromatic carbocycles. The lowest BCUT2D eigenvalue weighted by atomic mass is 9.78. The fourth-order valence-corrected chi connectivity index (χ4v) is 7.85. The molecule has 6 rings (SSSR count). The molecule has 2 aliphatic rings. The zero-order chi connectivity index (χ0) is 35.1. The van der Waals surface area contributed by atoms with Crippen LogP contribution in [0.3, 0.4) is 0 Å². The second-order valence-electron chi connectivity index (χ2n) is 12.2. The maximum absolute atomic E-state index is 15.8. The Morgan fingerprint density at radius 1 is 1.12 bits per heavy atom. The second-order valence-corrected chi connectivity index (χ2v) is 14.5. The maximum Gasteiger partial charge on any atom is 0.295 e. The van der Waals surface area contributed by atoms with E-state index in [1.54, 1.807) is 11.8 Å². The molecule has 3 N–H and O–H groups in total. The van der Waals surface area contributed by atoms with Crippen LogP contribution < -0.4 is 16.0 Å². The van der Waals surface area contributed by atoms with Gasteiger partial charge in [-0.15, -0.1) is 11.3 Å². The van der Waals surface area contributed by atoms with E-state index in [-0.39, 0.29) is 43.6 Å². The van der Waals surface area contributed by atoms with E-state index in [9.17, 15) is 23.9 Å². The summed E-state index contributed by atoms with van der Waals surface area (Å²) in [4.78, 5) is 51.9. The van der Waals surface area contributed by atoms with Gasteiger partial charge in [-0.05, 0) is 59.1 Å². The van der Waals surface area contributed by atoms with E-state index in [0.29, 0.717) is 14.5 Å². The van der Waals surface area contributed by atoms with Crippen LogP contribution in [0.2, 0.25) is 0 Å². The smallest absolute Gasteiger partial charge is 0.295 e. The van der Waals surface area contributed by atoms with Crippen molar-refractivity contribution >= 4 is 44.8 Å². The molecule has 49 heavy (non-hydrogen) atoms. The molecule has 0 aliphatic carbocycles. The van der Waals surface area contributed by atoms with Crippen LogP contribution in [0.25, 0.3) is 0 Å². The summed E-state index contributed by atoms with van der Waals surface area (Å²) in [6.07, 6.45) is 0.663. The molecule has 258 valence electrons. The number of carbonyl (C=O) groups excluding carboxylic acids is 2. The van der Waals surface area contributed by atoms with Crippen LogP contribution in [0.15, 0.2) is 69.6 Å². The number of rotatable bonds is 7. The first-order chi connectivity index (χ1) is 23.3. The Kier molecular flexibility index (Phi) is 9.57. The summed E-state index contributed by atoms with van der Waals surface area (Å²) in [6, 6.07) is 14.0. The number of ether oxygens (including phenoxy) is 1. The van der Waals surface area contributed by atoms with Crippen LogP contribution in [-0.4, -0.2) is 79.0 Å². The monoisotopic (exact) mass is 760 g/mol. The molecule has 16 heteroatoms. The van der Waals surface area contributed by atoms with E-state index in [4.69, 9.17) is 10.5 Å². The van der Waals surface area contributed by atoms with Crippen molar-refractivity contribution < 1.29 is 32.6 Å². The third kappa shape index (κ3) is 6.94. The Bertz CT molecular complexity index is 1930. The average Bonchev–Trinajstić information content (AvgIpc) is 3.43. The summed E-state index contributed by atoms with van der Waals surface area (Å²) in [7, 11) is 0. The quantitative estimate of drug-likeness (QED) is 0.273. The van der Waals surface area contributed by atoms with E-state index < -0.39 is 65.8 Å². The van der Waals surface area contributed by atoms with E-state index in [1.807, 2.05) is 30.3 Å². The lowest BCUT2D eigenvalue weighted by Gasteiger charge is -2.46. The lowest BCUT2D eigenvalue weighted by Crippen LogP contribution is -2.64. The number of aromatic nitrogens is 3. The minimum Gasteiger partial charge on any atom is -0.437 e. The second kappa shape index (κ2) is 13.6. The molecule has 2 amide bonds. The van der Waals surface area contributed by atoms with Crippen molar-refractivity contribution in [3.63, 3.8) is 0 Å². The zero-order valence-electron chi connectivity index (χ0n) is 26.2. The summed E-state index contributed by atoms with van der Waals surface area (Å²) in [5.41, 5.74) is 3.20. The summed E-state index contributed by atoms with van der Waals surface area (Å²) < 4.78 is 51.7. The highest BCUT2D eigenvalue weighted by atomic mass is 79.9. The lowest BCUT2D eigenvalue weighted by molar-refractivity contribution is -0.223. The standard InChI is InChI=1S/C33H32BrF3N6O5S/c1-19-26(49-31(34)40-19)30(46)41-13-11-23(24(15-41)20-5-3-2-4-6-20)28(44)42-14-12-32(47,33(36,37)17-42)16-43-18-39-27(25(38)29(43)45)48-22-9-7-21(35)8-10-22/h2-10,18,23-24,47H,11-17,38H2,1H3/t23-,24+,32+/m1/s1. The molecule has 0 saturated carbocycles. The van der Waals surface area contributed by atoms with Gasteiger partial charge in [0, 0.05) is 37.9 Å². The minimum absolute atomic E-state index is 0.148. The van der Waals surface area contributed by atoms with Gasteiger partial charge in [-0.3, -0.25) is 19.0 Å². The summed E-state index contributed by atoms with van der Waals surface area (Å²) in [5.74, 6) is -6.32. The number of amides is 2. The van der Waals surface area contributed by atoms with E-state index in [0.717, 1.165) is 33.5 Å². The third-order valence-electron chi connectivity index (χ3n) is 9.08. The van der Waals surface area contributed by atoms with Crippen LogP contribution >= 0.6 is 27.3 Å². The Hall–Kier alpha value is -4.28. The summed E-state index contributed by atoms with van der Waals surface area (Å²) in [6.45, 7) is 0.109. The number of halogens is 4. The highest BCUT2D eigenvalue weighted by molar-refractivity contribution is 9.11. The van der Waals surface area contributed by atoms with Gasteiger partial charge in [-0.2, -0.15) is 0 Å². The highest BCUT2D eigenvalue weighted by Crippen LogP contribution is 2.41. The third-order valence-corrected chi connectivity index (χ3v) is 10.7. The number of anilines is 1. The minimum atomic E-state index is -3.81. The fourth-order valence-electron chi connectivity index (χ4n) is 6.34. The molecule has 0 unspecified atom stereocenters. The first-order valence-corrected chi connectivity index (χ1v) is 17.0. The van der Waals surface area contributed by atoms with Crippen LogP contribution in [0.4, 0.5) is 18.9 Å². The molecule has 2 saturated heterocycles. The number of alkyl halides is 2. The topological polar surface area (TPSA) is 144 Å². The summed E-state index contributed by atoms with van der Waals surface area (Å²) in [5, 5.41) is 11.2. The van der Waals surface area contributed by atoms with Gasteiger partial charge in [0.1, 0.15) is 28.4 Å². The molecule has 3 atom stereocenters. The number of piperidine rings is 2. The molecular weight excluding hydrogens is 729 g/mol. The number of aryl methyl sites for hydroxylation is 1. The zero-order valence-corrected chi connectivity index (χ0v) is 28.6. The van der Waals surface area contributed by atoms with Gasteiger partial charge in [-0.1, -0.05) is 30.3 Å². The Morgan fingerprint density at radius 2 is 1.84 bits per heavy atom. The highest BCUT2D eigenvalue weighted by Gasteiger charge is 2.58. The predicted molar refractivity (Wildman–Crippen MR) is 178 cm³/mol. The van der Waals surface area contributed by atoms with Gasteiger partial charge >= 0.3 is 0 Å². The van der Waals surface area contributed by atoms with E-state index >= 15 is 8.78 Å². The number of nitrogens with two attached hydrogens (primary N) is 1. The Morgan fingerprint density at radius 3 is 2.49 bits per heavy atom. The number of nitrogen functional groups attached to an aromatic ring is 1. The number of nitrogens with zero attached hydrogens (tertiary/aromatic N) is 5. The number of thiazole rings is 1.